The van der Waals surface area contributed by atoms with E-state index in [-0.39, 0.29) is 11.7 Å². The molecule has 1 saturated carbocycles. The number of hydrogen-bond donors (Lipinski definition) is 2. The van der Waals surface area contributed by atoms with Crippen LogP contribution < -0.4 is 5.43 Å². The van der Waals surface area contributed by atoms with Crippen LogP contribution in [0, 0.1) is 11.8 Å². The van der Waals surface area contributed by atoms with E-state index in [1.54, 1.807) is 12.1 Å². The van der Waals surface area contributed by atoms with Crippen LogP contribution in [0.1, 0.15) is 23.2 Å². The van der Waals surface area contributed by atoms with Crippen LogP contribution in [0.25, 0.3) is 0 Å². The summed E-state index contributed by atoms with van der Waals surface area (Å²) in [5, 5.41) is 13.5. The molecule has 0 aliphatic heterocycles. The largest absolute Gasteiger partial charge is 0.508 e. The minimum absolute atomic E-state index is 0.0824. The first-order chi connectivity index (χ1) is 8.74. The number of hydrogen-bond acceptors (Lipinski definition) is 3. The molecule has 1 aromatic carbocycles. The Bertz CT molecular complexity index is 548. The molecule has 0 saturated heterocycles. The molecule has 1 amide bonds. The normalized spacial score (nSPS) is 26.8. The first kappa shape index (κ1) is 11.0. The molecule has 18 heavy (non-hydrogen) atoms. The van der Waals surface area contributed by atoms with E-state index in [9.17, 15) is 9.90 Å². The number of phenols is 1. The molecule has 2 aliphatic carbocycles. The molecule has 2 atom stereocenters. The van der Waals surface area contributed by atoms with Crippen molar-refractivity contribution in [2.24, 2.45) is 16.9 Å². The number of benzene rings is 1. The summed E-state index contributed by atoms with van der Waals surface area (Å²) >= 11 is 0. The Hall–Kier alpha value is -2.10. The Labute approximate surface area is 105 Å². The van der Waals surface area contributed by atoms with Gasteiger partial charge in [0.25, 0.3) is 5.91 Å². The number of carbonyl (C=O) groups is 1. The molecule has 2 aliphatic rings. The van der Waals surface area contributed by atoms with Gasteiger partial charge >= 0.3 is 0 Å². The van der Waals surface area contributed by atoms with E-state index in [1.807, 2.05) is 0 Å². The maximum Gasteiger partial charge on any atom is 0.271 e. The molecule has 1 fully saturated rings. The number of amides is 1. The smallest absolute Gasteiger partial charge is 0.271 e. The molecule has 0 aromatic heterocycles. The minimum Gasteiger partial charge on any atom is -0.508 e. The molecule has 0 bridgehead atoms. The SMILES string of the molecule is O=C(N/N=C1/C[C@H]2C=CC[C@H]12)c1cccc(O)c1. The van der Waals surface area contributed by atoms with Gasteiger partial charge in [-0.15, -0.1) is 0 Å². The Morgan fingerprint density at radius 3 is 3.11 bits per heavy atom. The summed E-state index contributed by atoms with van der Waals surface area (Å²) in [4.78, 5) is 11.8. The highest BCUT2D eigenvalue weighted by Gasteiger charge is 2.37. The molecule has 3 rings (SSSR count). The minimum atomic E-state index is -0.284. The van der Waals surface area contributed by atoms with E-state index in [4.69, 9.17) is 0 Å². The summed E-state index contributed by atoms with van der Waals surface area (Å²) in [5.41, 5.74) is 4.04. The molecule has 0 radical (unpaired) electrons. The highest BCUT2D eigenvalue weighted by molar-refractivity contribution is 5.98. The van der Waals surface area contributed by atoms with Crippen molar-refractivity contribution in [1.29, 1.82) is 0 Å². The van der Waals surface area contributed by atoms with Crippen molar-refractivity contribution in [3.8, 4) is 5.75 Å². The predicted octanol–water partition coefficient (Wildman–Crippen LogP) is 2.07. The molecule has 0 unspecified atom stereocenters. The quantitative estimate of drug-likeness (QED) is 0.616. The average Bonchev–Trinajstić information content (AvgIpc) is 2.71. The fraction of sp³-hybridized carbons (Fsp3) is 0.286. The lowest BCUT2D eigenvalue weighted by Crippen LogP contribution is -2.35. The number of nitrogens with zero attached hydrogens (tertiary/aromatic N) is 1. The molecule has 0 heterocycles. The zero-order chi connectivity index (χ0) is 12.5. The lowest BCUT2D eigenvalue weighted by Gasteiger charge is -2.31. The van der Waals surface area contributed by atoms with E-state index in [0.717, 1.165) is 18.6 Å². The van der Waals surface area contributed by atoms with Crippen molar-refractivity contribution in [3.05, 3.63) is 42.0 Å². The summed E-state index contributed by atoms with van der Waals surface area (Å²) in [5.74, 6) is 0.919. The average molecular weight is 242 g/mol. The maximum atomic E-state index is 11.8. The standard InChI is InChI=1S/C14H14N2O2/c17-11-5-1-4-10(7-11)14(18)16-15-13-8-9-3-2-6-12(9)13/h1-5,7,9,12,17H,6,8H2,(H,16,18)/b15-13-/t9-,12+/m1/s1. The lowest BCUT2D eigenvalue weighted by atomic mass is 9.74. The zero-order valence-corrected chi connectivity index (χ0v) is 9.84. The third-order valence-corrected chi connectivity index (χ3v) is 3.57. The van der Waals surface area contributed by atoms with Crippen molar-refractivity contribution >= 4 is 11.6 Å². The first-order valence-electron chi connectivity index (χ1n) is 6.06. The van der Waals surface area contributed by atoms with Gasteiger partial charge in [0.1, 0.15) is 5.75 Å². The second-order valence-corrected chi connectivity index (χ2v) is 4.73. The number of fused-ring (bicyclic) bond motifs is 1. The van der Waals surface area contributed by atoms with Gasteiger partial charge in [-0.05, 0) is 37.0 Å². The maximum absolute atomic E-state index is 11.8. The van der Waals surface area contributed by atoms with E-state index >= 15 is 0 Å². The molecule has 2 N–H and O–H groups in total. The number of hydrazone groups is 1. The van der Waals surface area contributed by atoms with Gasteiger partial charge in [0.2, 0.25) is 0 Å². The van der Waals surface area contributed by atoms with Crippen molar-refractivity contribution in [1.82, 2.24) is 5.43 Å². The fourth-order valence-corrected chi connectivity index (χ4v) is 2.50. The van der Waals surface area contributed by atoms with E-state index in [1.165, 1.54) is 12.1 Å². The van der Waals surface area contributed by atoms with Gasteiger partial charge in [-0.3, -0.25) is 4.79 Å². The van der Waals surface area contributed by atoms with Crippen LogP contribution in [0.3, 0.4) is 0 Å². The van der Waals surface area contributed by atoms with Crippen molar-refractivity contribution in [3.63, 3.8) is 0 Å². The summed E-state index contributed by atoms with van der Waals surface area (Å²) in [6, 6.07) is 6.24. The van der Waals surface area contributed by atoms with Gasteiger partial charge in [-0.1, -0.05) is 18.2 Å². The summed E-state index contributed by atoms with van der Waals surface area (Å²) in [7, 11) is 0. The summed E-state index contributed by atoms with van der Waals surface area (Å²) in [6.45, 7) is 0. The van der Waals surface area contributed by atoms with Crippen LogP contribution in [0.15, 0.2) is 41.5 Å². The monoisotopic (exact) mass is 242 g/mol. The van der Waals surface area contributed by atoms with Gasteiger partial charge in [-0.2, -0.15) is 5.10 Å². The second-order valence-electron chi connectivity index (χ2n) is 4.73. The van der Waals surface area contributed by atoms with E-state index in [2.05, 4.69) is 22.7 Å². The number of rotatable bonds is 2. The molecule has 4 nitrogen and oxygen atoms in total. The molecule has 1 aromatic rings. The van der Waals surface area contributed by atoms with Crippen LogP contribution in [0.2, 0.25) is 0 Å². The Morgan fingerprint density at radius 2 is 2.33 bits per heavy atom. The Kier molecular flexibility index (Phi) is 2.63. The van der Waals surface area contributed by atoms with Crippen LogP contribution in [-0.2, 0) is 0 Å². The number of carbonyl (C=O) groups excluding carboxylic acids is 1. The third kappa shape index (κ3) is 1.90. The zero-order valence-electron chi connectivity index (χ0n) is 9.84. The van der Waals surface area contributed by atoms with Crippen molar-refractivity contribution in [2.45, 2.75) is 12.8 Å². The Morgan fingerprint density at radius 1 is 1.44 bits per heavy atom. The highest BCUT2D eigenvalue weighted by atomic mass is 16.3. The van der Waals surface area contributed by atoms with E-state index in [0.29, 0.717) is 17.4 Å². The second kappa shape index (κ2) is 4.29. The van der Waals surface area contributed by atoms with Gasteiger partial charge < -0.3 is 5.11 Å². The van der Waals surface area contributed by atoms with Gasteiger partial charge in [0.05, 0.1) is 0 Å². The first-order valence-corrected chi connectivity index (χ1v) is 6.06. The number of aromatic hydroxyl groups is 1. The number of nitrogens with one attached hydrogen (secondary N) is 1. The van der Waals surface area contributed by atoms with Crippen molar-refractivity contribution in [2.75, 3.05) is 0 Å². The van der Waals surface area contributed by atoms with Crippen molar-refractivity contribution < 1.29 is 9.90 Å². The van der Waals surface area contributed by atoms with Gasteiger partial charge in [0.15, 0.2) is 0 Å². The van der Waals surface area contributed by atoms with E-state index < -0.39 is 0 Å². The molecular formula is C14H14N2O2. The number of phenolic OH excluding ortho intramolecular Hbond substituents is 1. The predicted molar refractivity (Wildman–Crippen MR) is 68.4 cm³/mol. The topological polar surface area (TPSA) is 61.7 Å². The van der Waals surface area contributed by atoms with Gasteiger partial charge in [0, 0.05) is 17.2 Å². The summed E-state index contributed by atoms with van der Waals surface area (Å²) in [6.07, 6.45) is 6.38. The molecule has 0 spiro atoms. The van der Waals surface area contributed by atoms with Gasteiger partial charge in [-0.25, -0.2) is 5.43 Å². The van der Waals surface area contributed by atoms with Crippen LogP contribution >= 0.6 is 0 Å². The molecule has 4 heteroatoms. The summed E-state index contributed by atoms with van der Waals surface area (Å²) < 4.78 is 0. The molecule has 92 valence electrons. The van der Waals surface area contributed by atoms with Crippen LogP contribution in [-0.4, -0.2) is 16.7 Å². The fourth-order valence-electron chi connectivity index (χ4n) is 2.50. The molecular weight excluding hydrogens is 228 g/mol. The third-order valence-electron chi connectivity index (χ3n) is 3.57. The lowest BCUT2D eigenvalue weighted by molar-refractivity contribution is 0.0953. The number of allylic oxidation sites excluding steroid dienone is 2. The Balaban J connectivity index is 1.64. The highest BCUT2D eigenvalue weighted by Crippen LogP contribution is 2.40. The van der Waals surface area contributed by atoms with Crippen LogP contribution in [0.5, 0.6) is 5.75 Å². The van der Waals surface area contributed by atoms with Crippen LogP contribution in [0.4, 0.5) is 0 Å².